The number of aliphatic hydroxyl groups is 2. The first-order valence-electron chi connectivity index (χ1n) is 11.3. The van der Waals surface area contributed by atoms with Gasteiger partial charge in [-0.25, -0.2) is 0 Å². The lowest BCUT2D eigenvalue weighted by molar-refractivity contribution is -0.723. The maximum absolute atomic E-state index is 9.88. The molecular formula is C24H40N2O10S. The summed E-state index contributed by atoms with van der Waals surface area (Å²) in [4.78, 5) is 0. The highest BCUT2D eigenvalue weighted by atomic mass is 32.3. The fourth-order valence-electron chi connectivity index (χ4n) is 2.82. The van der Waals surface area contributed by atoms with Crippen molar-refractivity contribution in [2.24, 2.45) is 0 Å². The van der Waals surface area contributed by atoms with Crippen molar-refractivity contribution < 1.29 is 58.8 Å². The summed E-state index contributed by atoms with van der Waals surface area (Å²) in [6.07, 6.45) is -1.39. The first kappa shape index (κ1) is 34.4. The zero-order valence-corrected chi connectivity index (χ0v) is 22.7. The SMILES string of the molecule is CC(C)(C)[NH2+]C[C@@H](O)c1cc(O)cc(O)c1.CC(C)(C)[NH2+]C[C@@H](O)c1cc(O)cc(O)c1.O=S(=O)([O-])[O-]. The van der Waals surface area contributed by atoms with E-state index < -0.39 is 22.6 Å². The molecule has 2 aromatic rings. The number of phenolic OH excluding ortho intramolecular Hbond substituents is 4. The minimum atomic E-state index is -5.17. The van der Waals surface area contributed by atoms with Crippen LogP contribution in [0, 0.1) is 0 Å². The van der Waals surface area contributed by atoms with Gasteiger partial charge in [-0.1, -0.05) is 0 Å². The third-order valence-electron chi connectivity index (χ3n) is 4.53. The van der Waals surface area contributed by atoms with Crippen LogP contribution in [-0.4, -0.2) is 72.3 Å². The van der Waals surface area contributed by atoms with E-state index in [9.17, 15) is 30.6 Å². The van der Waals surface area contributed by atoms with Crippen molar-refractivity contribution in [3.63, 3.8) is 0 Å². The van der Waals surface area contributed by atoms with Crippen molar-refractivity contribution in [1.82, 2.24) is 0 Å². The molecule has 0 aliphatic heterocycles. The van der Waals surface area contributed by atoms with E-state index in [0.717, 1.165) is 0 Å². The van der Waals surface area contributed by atoms with Gasteiger partial charge < -0.3 is 50.4 Å². The van der Waals surface area contributed by atoms with E-state index >= 15 is 0 Å². The Balaban J connectivity index is 0.000000594. The van der Waals surface area contributed by atoms with Gasteiger partial charge in [0.15, 0.2) is 0 Å². The van der Waals surface area contributed by atoms with Gasteiger partial charge in [0.25, 0.3) is 0 Å². The molecule has 0 spiro atoms. The van der Waals surface area contributed by atoms with E-state index in [4.69, 9.17) is 17.5 Å². The Morgan fingerprint density at radius 3 is 1.05 bits per heavy atom. The van der Waals surface area contributed by atoms with Gasteiger partial charge in [-0.05, 0) is 76.9 Å². The molecule has 212 valence electrons. The number of nitrogens with two attached hydrogens (primary N) is 2. The first-order valence-corrected chi connectivity index (χ1v) is 12.7. The minimum absolute atomic E-state index is 0.0372. The molecular weight excluding hydrogens is 508 g/mol. The second kappa shape index (κ2) is 14.3. The molecule has 0 aliphatic carbocycles. The number of hydrogen-bond donors (Lipinski definition) is 8. The summed E-state index contributed by atoms with van der Waals surface area (Å²) < 4.78 is 34.1. The molecule has 37 heavy (non-hydrogen) atoms. The minimum Gasteiger partial charge on any atom is -0.759 e. The predicted molar refractivity (Wildman–Crippen MR) is 133 cm³/mol. The van der Waals surface area contributed by atoms with Gasteiger partial charge in [-0.15, -0.1) is 0 Å². The largest absolute Gasteiger partial charge is 0.759 e. The number of aliphatic hydroxyl groups excluding tert-OH is 2. The number of quaternary nitrogens is 2. The Labute approximate surface area is 217 Å². The van der Waals surface area contributed by atoms with Crippen LogP contribution in [0.5, 0.6) is 23.0 Å². The first-order chi connectivity index (χ1) is 16.6. The maximum Gasteiger partial charge on any atom is 0.128 e. The summed E-state index contributed by atoms with van der Waals surface area (Å²) >= 11 is 0. The average Bonchev–Trinajstić information content (AvgIpc) is 2.67. The molecule has 0 heterocycles. The van der Waals surface area contributed by atoms with Crippen molar-refractivity contribution in [3.05, 3.63) is 47.5 Å². The number of aromatic hydroxyl groups is 4. The number of benzene rings is 2. The van der Waals surface area contributed by atoms with E-state index in [0.29, 0.717) is 24.2 Å². The molecule has 0 amide bonds. The molecule has 2 rings (SSSR count). The number of rotatable bonds is 6. The lowest BCUT2D eigenvalue weighted by Gasteiger charge is -2.19. The van der Waals surface area contributed by atoms with Crippen molar-refractivity contribution in [2.75, 3.05) is 13.1 Å². The van der Waals surface area contributed by atoms with Crippen LogP contribution >= 0.6 is 0 Å². The lowest BCUT2D eigenvalue weighted by Crippen LogP contribution is -2.95. The summed E-state index contributed by atoms with van der Waals surface area (Å²) in [7, 11) is -5.17. The Morgan fingerprint density at radius 2 is 0.865 bits per heavy atom. The second-order valence-corrected chi connectivity index (χ2v) is 11.4. The maximum atomic E-state index is 9.88. The quantitative estimate of drug-likeness (QED) is 0.172. The molecule has 0 fully saturated rings. The molecule has 0 radical (unpaired) electrons. The molecule has 0 aliphatic rings. The monoisotopic (exact) mass is 548 g/mol. The fraction of sp³-hybridized carbons (Fsp3) is 0.500. The van der Waals surface area contributed by atoms with Gasteiger partial charge in [0.05, 0.1) is 11.1 Å². The highest BCUT2D eigenvalue weighted by molar-refractivity contribution is 7.79. The topological polar surface area (TPSA) is 235 Å². The Hall–Kier alpha value is -2.65. The molecule has 0 unspecified atom stereocenters. The zero-order chi connectivity index (χ0) is 29.2. The summed E-state index contributed by atoms with van der Waals surface area (Å²) in [5.74, 6) is -0.149. The molecule has 0 aromatic heterocycles. The molecule has 2 atom stereocenters. The third kappa shape index (κ3) is 19.2. The molecule has 2 aromatic carbocycles. The molecule has 12 nitrogen and oxygen atoms in total. The van der Waals surface area contributed by atoms with Crippen molar-refractivity contribution >= 4 is 10.4 Å². The van der Waals surface area contributed by atoms with Crippen LogP contribution in [0.15, 0.2) is 36.4 Å². The zero-order valence-electron chi connectivity index (χ0n) is 21.9. The predicted octanol–water partition coefficient (Wildman–Crippen LogP) is -0.352. The Kier molecular flexibility index (Phi) is 13.3. The van der Waals surface area contributed by atoms with E-state index in [1.54, 1.807) is 0 Å². The normalized spacial score (nSPS) is 13.5. The Morgan fingerprint density at radius 1 is 0.649 bits per heavy atom. The standard InChI is InChI=1S/2C12H19NO3.H2O4S/c2*1-12(2,3)13-7-11(16)8-4-9(14)6-10(15)5-8;1-5(2,3)4/h2*4-6,11,13-16H,7H2,1-3H3;(H2,1,2,3,4)/t2*11-;/m11./s1. The number of phenols is 4. The summed E-state index contributed by atoms with van der Waals surface area (Å²) in [6, 6.07) is 8.32. The highest BCUT2D eigenvalue weighted by Gasteiger charge is 2.19. The van der Waals surface area contributed by atoms with E-state index in [2.05, 4.69) is 41.5 Å². The van der Waals surface area contributed by atoms with Gasteiger partial charge in [-0.2, -0.15) is 0 Å². The molecule has 0 bridgehead atoms. The summed E-state index contributed by atoms with van der Waals surface area (Å²) in [5.41, 5.74) is 1.13. The van der Waals surface area contributed by atoms with Crippen LogP contribution in [0.1, 0.15) is 64.9 Å². The van der Waals surface area contributed by atoms with Crippen LogP contribution in [0.3, 0.4) is 0 Å². The Bertz CT molecular complexity index is 960. The van der Waals surface area contributed by atoms with Gasteiger partial charge in [-0.3, -0.25) is 8.42 Å². The van der Waals surface area contributed by atoms with Crippen LogP contribution in [0.4, 0.5) is 0 Å². The van der Waals surface area contributed by atoms with Crippen molar-refractivity contribution in [3.8, 4) is 23.0 Å². The van der Waals surface area contributed by atoms with Crippen LogP contribution in [0.2, 0.25) is 0 Å². The second-order valence-electron chi connectivity index (χ2n) is 10.6. The molecule has 0 saturated carbocycles. The van der Waals surface area contributed by atoms with Gasteiger partial charge in [0.2, 0.25) is 0 Å². The third-order valence-corrected chi connectivity index (χ3v) is 4.53. The number of hydrogen-bond acceptors (Lipinski definition) is 10. The van der Waals surface area contributed by atoms with Gasteiger partial charge in [0.1, 0.15) is 48.3 Å². The van der Waals surface area contributed by atoms with E-state index in [1.165, 1.54) is 36.4 Å². The van der Waals surface area contributed by atoms with E-state index in [-0.39, 0.29) is 34.1 Å². The van der Waals surface area contributed by atoms with Crippen LogP contribution in [-0.2, 0) is 10.4 Å². The highest BCUT2D eigenvalue weighted by Crippen LogP contribution is 2.25. The molecule has 13 heteroatoms. The van der Waals surface area contributed by atoms with E-state index in [1.807, 2.05) is 10.6 Å². The van der Waals surface area contributed by atoms with Crippen molar-refractivity contribution in [2.45, 2.75) is 64.8 Å². The lowest BCUT2D eigenvalue weighted by atomic mass is 10.1. The van der Waals surface area contributed by atoms with Crippen LogP contribution < -0.4 is 10.6 Å². The summed E-state index contributed by atoms with van der Waals surface area (Å²) in [5, 5.41) is 60.9. The van der Waals surface area contributed by atoms with Crippen molar-refractivity contribution in [1.29, 1.82) is 0 Å². The average molecular weight is 549 g/mol. The molecule has 10 N–H and O–H groups in total. The van der Waals surface area contributed by atoms with Gasteiger partial charge in [0, 0.05) is 22.5 Å². The smallest absolute Gasteiger partial charge is 0.128 e. The molecule has 0 saturated heterocycles. The fourth-order valence-corrected chi connectivity index (χ4v) is 2.82. The van der Waals surface area contributed by atoms with Crippen LogP contribution in [0.25, 0.3) is 0 Å². The van der Waals surface area contributed by atoms with Gasteiger partial charge >= 0.3 is 0 Å². The summed E-state index contributed by atoms with van der Waals surface area (Å²) in [6.45, 7) is 13.3.